The Morgan fingerprint density at radius 3 is 2.62 bits per heavy atom. The summed E-state index contributed by atoms with van der Waals surface area (Å²) >= 11 is 0. The third-order valence-electron chi connectivity index (χ3n) is 4.21. The molecule has 7 heteroatoms. The van der Waals surface area contributed by atoms with E-state index in [2.05, 4.69) is 15.1 Å². The SMILES string of the molecule is CCC(C)(CC)NS(=O)(=O)c1cnn(CCNC2CC2)c1. The molecule has 0 atom stereocenters. The van der Waals surface area contributed by atoms with Gasteiger partial charge in [0.25, 0.3) is 0 Å². The van der Waals surface area contributed by atoms with E-state index >= 15 is 0 Å². The lowest BCUT2D eigenvalue weighted by Crippen LogP contribution is -2.44. The van der Waals surface area contributed by atoms with Crippen molar-refractivity contribution in [2.75, 3.05) is 6.54 Å². The summed E-state index contributed by atoms with van der Waals surface area (Å²) in [6.07, 6.45) is 7.02. The summed E-state index contributed by atoms with van der Waals surface area (Å²) in [5.41, 5.74) is -0.408. The highest BCUT2D eigenvalue weighted by atomic mass is 32.2. The van der Waals surface area contributed by atoms with Crippen LogP contribution in [0.2, 0.25) is 0 Å². The Hall–Kier alpha value is -0.920. The van der Waals surface area contributed by atoms with Crippen molar-refractivity contribution in [3.8, 4) is 0 Å². The van der Waals surface area contributed by atoms with Gasteiger partial charge in [-0.15, -0.1) is 0 Å². The number of nitrogens with one attached hydrogen (secondary N) is 2. The molecule has 0 bridgehead atoms. The fourth-order valence-corrected chi connectivity index (χ4v) is 3.56. The monoisotopic (exact) mass is 314 g/mol. The quantitative estimate of drug-likeness (QED) is 0.724. The highest BCUT2D eigenvalue weighted by Crippen LogP contribution is 2.19. The highest BCUT2D eigenvalue weighted by molar-refractivity contribution is 7.89. The van der Waals surface area contributed by atoms with Crippen LogP contribution in [0.5, 0.6) is 0 Å². The molecule has 1 saturated carbocycles. The topological polar surface area (TPSA) is 76.0 Å². The normalized spacial score (nSPS) is 16.3. The molecule has 0 unspecified atom stereocenters. The first-order valence-corrected chi connectivity index (χ1v) is 9.16. The molecule has 0 saturated heterocycles. The number of hydrogen-bond donors (Lipinski definition) is 2. The highest BCUT2D eigenvalue weighted by Gasteiger charge is 2.28. The average molecular weight is 314 g/mol. The van der Waals surface area contributed by atoms with E-state index in [0.717, 1.165) is 19.4 Å². The first-order valence-electron chi connectivity index (χ1n) is 7.68. The number of sulfonamides is 1. The Morgan fingerprint density at radius 1 is 1.38 bits per heavy atom. The van der Waals surface area contributed by atoms with Crippen LogP contribution in [0, 0.1) is 0 Å². The van der Waals surface area contributed by atoms with Crippen LogP contribution in [0.15, 0.2) is 17.3 Å². The van der Waals surface area contributed by atoms with Crippen molar-refractivity contribution < 1.29 is 8.42 Å². The lowest BCUT2D eigenvalue weighted by Gasteiger charge is -2.27. The van der Waals surface area contributed by atoms with Crippen LogP contribution in [0.25, 0.3) is 0 Å². The molecular weight excluding hydrogens is 288 g/mol. The molecule has 0 aromatic carbocycles. The predicted molar refractivity (Wildman–Crippen MR) is 82.6 cm³/mol. The van der Waals surface area contributed by atoms with Crippen molar-refractivity contribution in [3.63, 3.8) is 0 Å². The van der Waals surface area contributed by atoms with Gasteiger partial charge >= 0.3 is 0 Å². The van der Waals surface area contributed by atoms with E-state index in [0.29, 0.717) is 12.6 Å². The van der Waals surface area contributed by atoms with Crippen LogP contribution in [-0.4, -0.2) is 36.3 Å². The van der Waals surface area contributed by atoms with Gasteiger partial charge in [-0.1, -0.05) is 13.8 Å². The Labute approximate surface area is 127 Å². The van der Waals surface area contributed by atoms with Crippen molar-refractivity contribution >= 4 is 10.0 Å². The molecule has 1 aliphatic carbocycles. The molecule has 2 rings (SSSR count). The van der Waals surface area contributed by atoms with Gasteiger partial charge in [-0.2, -0.15) is 5.10 Å². The molecule has 1 aromatic heterocycles. The smallest absolute Gasteiger partial charge is 0.244 e. The minimum atomic E-state index is -3.50. The molecule has 1 aromatic rings. The van der Waals surface area contributed by atoms with Crippen molar-refractivity contribution in [2.24, 2.45) is 0 Å². The van der Waals surface area contributed by atoms with Crippen molar-refractivity contribution in [1.82, 2.24) is 19.8 Å². The predicted octanol–water partition coefficient (Wildman–Crippen LogP) is 1.49. The summed E-state index contributed by atoms with van der Waals surface area (Å²) in [4.78, 5) is 0.238. The maximum Gasteiger partial charge on any atom is 0.244 e. The van der Waals surface area contributed by atoms with Crippen molar-refractivity contribution in [2.45, 2.75) is 69.5 Å². The van der Waals surface area contributed by atoms with Crippen LogP contribution in [0.3, 0.4) is 0 Å². The summed E-state index contributed by atoms with van der Waals surface area (Å²) in [6.45, 7) is 7.40. The molecule has 2 N–H and O–H groups in total. The van der Waals surface area contributed by atoms with Crippen LogP contribution < -0.4 is 10.0 Å². The summed E-state index contributed by atoms with van der Waals surface area (Å²) in [5.74, 6) is 0. The van der Waals surface area contributed by atoms with E-state index in [1.165, 1.54) is 19.0 Å². The van der Waals surface area contributed by atoms with Gasteiger partial charge < -0.3 is 5.32 Å². The third-order valence-corrected chi connectivity index (χ3v) is 5.81. The second-order valence-electron chi connectivity index (χ2n) is 6.04. The van der Waals surface area contributed by atoms with Gasteiger partial charge in [0.15, 0.2) is 0 Å². The number of hydrogen-bond acceptors (Lipinski definition) is 4. The summed E-state index contributed by atoms with van der Waals surface area (Å²) in [7, 11) is -3.50. The fourth-order valence-electron chi connectivity index (χ4n) is 2.05. The molecule has 1 aliphatic rings. The van der Waals surface area contributed by atoms with E-state index in [-0.39, 0.29) is 4.90 Å². The molecule has 6 nitrogen and oxygen atoms in total. The van der Waals surface area contributed by atoms with Gasteiger partial charge in [-0.05, 0) is 32.6 Å². The second kappa shape index (κ2) is 6.46. The first kappa shape index (κ1) is 16.5. The molecule has 120 valence electrons. The van der Waals surface area contributed by atoms with Gasteiger partial charge in [0.1, 0.15) is 4.90 Å². The molecule has 0 aliphatic heterocycles. The second-order valence-corrected chi connectivity index (χ2v) is 7.72. The van der Waals surface area contributed by atoms with E-state index in [9.17, 15) is 8.42 Å². The summed E-state index contributed by atoms with van der Waals surface area (Å²) in [6, 6.07) is 0.653. The van der Waals surface area contributed by atoms with Crippen LogP contribution >= 0.6 is 0 Å². The minimum Gasteiger partial charge on any atom is -0.312 e. The molecule has 0 radical (unpaired) electrons. The van der Waals surface area contributed by atoms with Gasteiger partial charge in [-0.3, -0.25) is 4.68 Å². The van der Waals surface area contributed by atoms with Crippen molar-refractivity contribution in [1.29, 1.82) is 0 Å². The molecule has 1 heterocycles. The Morgan fingerprint density at radius 2 is 2.05 bits per heavy atom. The fraction of sp³-hybridized carbons (Fsp3) is 0.786. The first-order chi connectivity index (χ1) is 9.88. The maximum absolute atomic E-state index is 12.4. The maximum atomic E-state index is 12.4. The van der Waals surface area contributed by atoms with Crippen molar-refractivity contribution in [3.05, 3.63) is 12.4 Å². The Bertz CT molecular complexity index is 559. The van der Waals surface area contributed by atoms with Crippen LogP contribution in [0.4, 0.5) is 0 Å². The van der Waals surface area contributed by atoms with Gasteiger partial charge in [0, 0.05) is 24.3 Å². The zero-order valence-corrected chi connectivity index (χ0v) is 13.9. The van der Waals surface area contributed by atoms with E-state index < -0.39 is 15.6 Å². The molecule has 0 amide bonds. The minimum absolute atomic E-state index is 0.238. The lowest BCUT2D eigenvalue weighted by atomic mass is 9.98. The Balaban J connectivity index is 1.97. The zero-order valence-electron chi connectivity index (χ0n) is 13.1. The summed E-state index contributed by atoms with van der Waals surface area (Å²) in [5, 5.41) is 7.52. The molecular formula is C14H26N4O2S. The molecule has 1 fully saturated rings. The van der Waals surface area contributed by atoms with Gasteiger partial charge in [-0.25, -0.2) is 13.1 Å². The summed E-state index contributed by atoms with van der Waals surface area (Å²) < 4.78 is 29.2. The van der Waals surface area contributed by atoms with Crippen LogP contribution in [0.1, 0.15) is 46.5 Å². The lowest BCUT2D eigenvalue weighted by molar-refractivity contribution is 0.388. The third kappa shape index (κ3) is 4.52. The van der Waals surface area contributed by atoms with Gasteiger partial charge in [0.2, 0.25) is 10.0 Å². The largest absolute Gasteiger partial charge is 0.312 e. The Kier molecular flexibility index (Phi) is 5.06. The number of rotatable bonds is 9. The van der Waals surface area contributed by atoms with E-state index in [1.54, 1.807) is 10.9 Å². The zero-order chi connectivity index (χ0) is 15.5. The molecule has 21 heavy (non-hydrogen) atoms. The van der Waals surface area contributed by atoms with Gasteiger partial charge in [0.05, 0.1) is 12.7 Å². The molecule has 0 spiro atoms. The van der Waals surface area contributed by atoms with E-state index in [1.807, 2.05) is 20.8 Å². The standard InChI is InChI=1S/C14H26N4O2S/c1-4-14(3,5-2)17-21(19,20)13-10-16-18(11-13)9-8-15-12-6-7-12/h10-12,15,17H,4-9H2,1-3H3. The number of nitrogens with zero attached hydrogens (tertiary/aromatic N) is 2. The number of aromatic nitrogens is 2. The average Bonchev–Trinajstić information content (AvgIpc) is 3.13. The van der Waals surface area contributed by atoms with Crippen LogP contribution in [-0.2, 0) is 16.6 Å². The van der Waals surface area contributed by atoms with E-state index in [4.69, 9.17) is 0 Å².